The van der Waals surface area contributed by atoms with E-state index in [9.17, 15) is 33.9 Å². The van der Waals surface area contributed by atoms with Gasteiger partial charge in [0.1, 0.15) is 17.8 Å². The number of amides is 4. The molecule has 1 aliphatic heterocycles. The van der Waals surface area contributed by atoms with Crippen LogP contribution in [0.2, 0.25) is 0 Å². The van der Waals surface area contributed by atoms with Crippen LogP contribution in [0.1, 0.15) is 52.2 Å². The van der Waals surface area contributed by atoms with E-state index in [1.54, 1.807) is 78.9 Å². The molecule has 0 aliphatic carbocycles. The minimum atomic E-state index is -1.48. The number of carbonyl (C=O) groups is 6. The van der Waals surface area contributed by atoms with Gasteiger partial charge in [0.25, 0.3) is 11.8 Å². The van der Waals surface area contributed by atoms with Crippen LogP contribution in [0.25, 0.3) is 0 Å². The molecule has 7 N–H and O–H groups in total. The van der Waals surface area contributed by atoms with Crippen LogP contribution in [-0.4, -0.2) is 62.8 Å². The molecule has 1 aromatic heterocycles. The molecule has 2 atom stereocenters. The van der Waals surface area contributed by atoms with Gasteiger partial charge in [0, 0.05) is 29.9 Å². The third kappa shape index (κ3) is 9.86. The minimum Gasteiger partial charge on any atom is -0.480 e. The molecule has 4 amide bonds. The number of furan rings is 1. The average Bonchev–Trinajstić information content (AvgIpc) is 3.70. The van der Waals surface area contributed by atoms with Gasteiger partial charge in [0.15, 0.2) is 0 Å². The summed E-state index contributed by atoms with van der Waals surface area (Å²) in [5.74, 6) is -3.88. The Bertz CT molecular complexity index is 1780. The first kappa shape index (κ1) is 35.6. The van der Waals surface area contributed by atoms with E-state index in [0.29, 0.717) is 22.8 Å². The summed E-state index contributed by atoms with van der Waals surface area (Å²) >= 11 is 0. The lowest BCUT2D eigenvalue weighted by molar-refractivity contribution is -0.142. The number of para-hydroxylation sites is 2. The van der Waals surface area contributed by atoms with Gasteiger partial charge in [-0.15, -0.1) is 0 Å². The number of carboxylic acids is 2. The number of carboxylic acid groups (broad SMARTS) is 2. The summed E-state index contributed by atoms with van der Waals surface area (Å²) < 4.78 is 5.27. The van der Waals surface area contributed by atoms with Crippen LogP contribution in [0, 0.1) is 0 Å². The standard InChI is InChI=1S/C24H21N3O6.C11H14N2O3/c28-20(26-15-6-2-1-3-7-15)12-11-19(24(31)32)27-22(29)17-9-4-10-18(21(17)23(27)30)25-14-16-8-5-13-33-16;12-9(11(15)16)6-7-10(14)13-8-4-2-1-3-5-8/h1-10,13,19,25H,11-12,14H2,(H,26,28)(H,31,32);1-5,9H,6-7,12H2,(H,13,14)(H,15,16). The highest BCUT2D eigenvalue weighted by molar-refractivity contribution is 6.25. The van der Waals surface area contributed by atoms with Crippen molar-refractivity contribution in [1.82, 2.24) is 4.90 Å². The third-order valence-electron chi connectivity index (χ3n) is 7.34. The highest BCUT2D eigenvalue weighted by atomic mass is 16.4. The van der Waals surface area contributed by atoms with Gasteiger partial charge in [0.05, 0.1) is 23.9 Å². The zero-order valence-corrected chi connectivity index (χ0v) is 26.2. The lowest BCUT2D eigenvalue weighted by Gasteiger charge is -2.22. The summed E-state index contributed by atoms with van der Waals surface area (Å²) in [4.78, 5) is 72.9. The molecule has 0 radical (unpaired) electrons. The molecular weight excluding hydrogens is 634 g/mol. The Hall–Kier alpha value is -6.28. The second-order valence-electron chi connectivity index (χ2n) is 10.8. The van der Waals surface area contributed by atoms with Crippen molar-refractivity contribution in [3.05, 3.63) is 114 Å². The predicted octanol–water partition coefficient (Wildman–Crippen LogP) is 4.18. The highest BCUT2D eigenvalue weighted by Crippen LogP contribution is 2.32. The molecule has 5 rings (SSSR count). The van der Waals surface area contributed by atoms with E-state index in [1.807, 2.05) is 6.07 Å². The smallest absolute Gasteiger partial charge is 0.326 e. The van der Waals surface area contributed by atoms with Crippen LogP contribution in [0.4, 0.5) is 17.1 Å². The number of aliphatic carboxylic acids is 2. The van der Waals surface area contributed by atoms with Crippen LogP contribution in [0.3, 0.4) is 0 Å². The average molecular weight is 670 g/mol. The number of nitrogens with zero attached hydrogens (tertiary/aromatic N) is 1. The topological polar surface area (TPSA) is 221 Å². The summed E-state index contributed by atoms with van der Waals surface area (Å²) in [5.41, 5.74) is 7.16. The number of anilines is 3. The van der Waals surface area contributed by atoms with E-state index in [2.05, 4.69) is 16.0 Å². The van der Waals surface area contributed by atoms with Crippen molar-refractivity contribution in [2.24, 2.45) is 5.73 Å². The second kappa shape index (κ2) is 17.0. The molecule has 4 aromatic rings. The van der Waals surface area contributed by atoms with Gasteiger partial charge in [-0.2, -0.15) is 0 Å². The maximum atomic E-state index is 13.1. The van der Waals surface area contributed by atoms with E-state index in [4.69, 9.17) is 15.3 Å². The third-order valence-corrected chi connectivity index (χ3v) is 7.34. The number of hydrogen-bond acceptors (Lipinski definition) is 9. The van der Waals surface area contributed by atoms with Crippen LogP contribution >= 0.6 is 0 Å². The molecule has 2 heterocycles. The summed E-state index contributed by atoms with van der Waals surface area (Å²) in [7, 11) is 0. The summed E-state index contributed by atoms with van der Waals surface area (Å²) in [6.45, 7) is 0.285. The fourth-order valence-corrected chi connectivity index (χ4v) is 4.86. The van der Waals surface area contributed by atoms with Gasteiger partial charge >= 0.3 is 11.9 Å². The number of rotatable bonds is 14. The Labute approximate surface area is 280 Å². The molecule has 14 nitrogen and oxygen atoms in total. The normalized spacial score (nSPS) is 13.0. The van der Waals surface area contributed by atoms with Crippen LogP contribution in [0.5, 0.6) is 0 Å². The van der Waals surface area contributed by atoms with Gasteiger partial charge in [-0.25, -0.2) is 4.79 Å². The Kier molecular flexibility index (Phi) is 12.4. The molecule has 0 saturated heterocycles. The molecule has 1 aliphatic rings. The van der Waals surface area contributed by atoms with Crippen LogP contribution < -0.4 is 21.7 Å². The van der Waals surface area contributed by atoms with Crippen molar-refractivity contribution in [1.29, 1.82) is 0 Å². The van der Waals surface area contributed by atoms with Crippen molar-refractivity contribution in [3.63, 3.8) is 0 Å². The van der Waals surface area contributed by atoms with E-state index < -0.39 is 41.7 Å². The molecule has 0 bridgehead atoms. The number of carbonyl (C=O) groups excluding carboxylic acids is 4. The maximum Gasteiger partial charge on any atom is 0.326 e. The van der Waals surface area contributed by atoms with Crippen LogP contribution in [-0.2, 0) is 25.7 Å². The van der Waals surface area contributed by atoms with Gasteiger partial charge in [-0.05, 0) is 61.4 Å². The van der Waals surface area contributed by atoms with Crippen molar-refractivity contribution in [2.75, 3.05) is 16.0 Å². The van der Waals surface area contributed by atoms with Gasteiger partial charge in [-0.3, -0.25) is 28.9 Å². The molecular formula is C35H35N5O9. The first-order chi connectivity index (χ1) is 23.5. The number of nitrogens with two attached hydrogens (primary N) is 1. The molecule has 49 heavy (non-hydrogen) atoms. The van der Waals surface area contributed by atoms with E-state index >= 15 is 0 Å². The quantitative estimate of drug-likeness (QED) is 0.105. The Morgan fingerprint density at radius 1 is 0.714 bits per heavy atom. The van der Waals surface area contributed by atoms with Crippen molar-refractivity contribution in [3.8, 4) is 0 Å². The van der Waals surface area contributed by atoms with Crippen molar-refractivity contribution < 1.29 is 43.4 Å². The second-order valence-corrected chi connectivity index (χ2v) is 10.8. The van der Waals surface area contributed by atoms with E-state index in [0.717, 1.165) is 4.90 Å². The van der Waals surface area contributed by atoms with Crippen LogP contribution in [0.15, 0.2) is 102 Å². The lowest BCUT2D eigenvalue weighted by atomic mass is 10.1. The predicted molar refractivity (Wildman–Crippen MR) is 179 cm³/mol. The maximum absolute atomic E-state index is 13.1. The molecule has 0 fully saturated rings. The number of nitrogens with one attached hydrogen (secondary N) is 3. The van der Waals surface area contributed by atoms with Crippen molar-refractivity contribution in [2.45, 2.75) is 44.3 Å². The molecule has 14 heteroatoms. The van der Waals surface area contributed by atoms with Gasteiger partial charge < -0.3 is 36.3 Å². The fourth-order valence-electron chi connectivity index (χ4n) is 4.86. The monoisotopic (exact) mass is 669 g/mol. The zero-order chi connectivity index (χ0) is 35.3. The summed E-state index contributed by atoms with van der Waals surface area (Å²) in [6.07, 6.45) is 1.36. The lowest BCUT2D eigenvalue weighted by Crippen LogP contribution is -2.45. The van der Waals surface area contributed by atoms with E-state index in [-0.39, 0.29) is 49.3 Å². The molecule has 254 valence electrons. The molecule has 3 aromatic carbocycles. The van der Waals surface area contributed by atoms with Crippen molar-refractivity contribution >= 4 is 52.6 Å². The summed E-state index contributed by atoms with van der Waals surface area (Å²) in [6, 6.07) is 23.5. The number of fused-ring (bicyclic) bond motifs is 1. The first-order valence-corrected chi connectivity index (χ1v) is 15.2. The Morgan fingerprint density at radius 3 is 1.84 bits per heavy atom. The number of imide groups is 1. The van der Waals surface area contributed by atoms with E-state index in [1.165, 1.54) is 12.3 Å². The molecule has 0 saturated carbocycles. The molecule has 2 unspecified atom stereocenters. The Balaban J connectivity index is 0.000000284. The number of hydrogen-bond donors (Lipinski definition) is 6. The first-order valence-electron chi connectivity index (χ1n) is 15.2. The Morgan fingerprint density at radius 2 is 1.31 bits per heavy atom. The largest absolute Gasteiger partial charge is 0.480 e. The fraction of sp³-hybridized carbons (Fsp3) is 0.200. The van der Waals surface area contributed by atoms with Gasteiger partial charge in [-0.1, -0.05) is 42.5 Å². The SMILES string of the molecule is NC(CCC(=O)Nc1ccccc1)C(=O)O.O=C(CCC(C(=O)O)N1C(=O)c2cccc(NCc3ccco3)c2C1=O)Nc1ccccc1. The zero-order valence-electron chi connectivity index (χ0n) is 26.2. The highest BCUT2D eigenvalue weighted by Gasteiger charge is 2.44. The number of benzene rings is 3. The minimum absolute atomic E-state index is 0.0996. The molecule has 0 spiro atoms. The van der Waals surface area contributed by atoms with Gasteiger partial charge in [0.2, 0.25) is 11.8 Å². The summed E-state index contributed by atoms with van der Waals surface area (Å²) in [5, 5.41) is 26.6.